The van der Waals surface area contributed by atoms with Gasteiger partial charge in [-0.15, -0.1) is 0 Å². The summed E-state index contributed by atoms with van der Waals surface area (Å²) in [4.78, 5) is 32.3. The average molecular weight is 585 g/mol. The number of ether oxygens (including phenoxy) is 4. The van der Waals surface area contributed by atoms with Crippen LogP contribution in [-0.2, 0) is 16.1 Å². The number of carbonyl (C=O) groups is 1. The Labute approximate surface area is 247 Å². The average Bonchev–Trinajstić information content (AvgIpc) is 3.30. The van der Waals surface area contributed by atoms with E-state index in [2.05, 4.69) is 4.99 Å². The zero-order valence-corrected chi connectivity index (χ0v) is 24.8. The topological polar surface area (TPSA) is 88.4 Å². The summed E-state index contributed by atoms with van der Waals surface area (Å²) in [7, 11) is 1.56. The molecule has 4 aromatic rings. The van der Waals surface area contributed by atoms with Crippen molar-refractivity contribution in [3.8, 4) is 17.2 Å². The second-order valence-corrected chi connectivity index (χ2v) is 10.5. The Bertz CT molecular complexity index is 1810. The lowest BCUT2D eigenvalue weighted by molar-refractivity contribution is -0.139. The molecule has 0 aliphatic carbocycles. The van der Waals surface area contributed by atoms with Crippen molar-refractivity contribution in [1.82, 2.24) is 4.57 Å². The Morgan fingerprint density at radius 2 is 1.71 bits per heavy atom. The number of hydrogen-bond acceptors (Lipinski definition) is 8. The molecule has 0 N–H and O–H groups in total. The van der Waals surface area contributed by atoms with Crippen molar-refractivity contribution in [2.24, 2.45) is 4.99 Å². The van der Waals surface area contributed by atoms with Gasteiger partial charge in [0, 0.05) is 5.56 Å². The second kappa shape index (κ2) is 12.9. The normalized spacial score (nSPS) is 14.7. The lowest BCUT2D eigenvalue weighted by atomic mass is 9.95. The fourth-order valence-electron chi connectivity index (χ4n) is 4.87. The van der Waals surface area contributed by atoms with E-state index in [1.165, 1.54) is 11.3 Å². The number of hydrogen-bond donors (Lipinski definition) is 0. The monoisotopic (exact) mass is 584 g/mol. The predicted octanol–water partition coefficient (Wildman–Crippen LogP) is 4.78. The molecule has 5 rings (SSSR count). The third-order valence-corrected chi connectivity index (χ3v) is 7.74. The molecule has 2 heterocycles. The standard InChI is InChI=1S/C33H32N2O6S/c1-5-39-27-18-23(16-17-26(27)41-20-22-12-8-7-9-13-22)19-28-31(36)35-30(24-14-10-11-15-25(24)38-4)29(32(37)40-6-2)21(3)34-33(35)42-28/h7-19,30H,5-6,20H2,1-4H3/b28-19+/t30-/m0/s1. The third-order valence-electron chi connectivity index (χ3n) is 6.75. The van der Waals surface area contributed by atoms with E-state index in [-0.39, 0.29) is 12.2 Å². The van der Waals surface area contributed by atoms with E-state index in [1.807, 2.05) is 73.7 Å². The summed E-state index contributed by atoms with van der Waals surface area (Å²) in [5, 5.41) is 0. The van der Waals surface area contributed by atoms with Crippen molar-refractivity contribution in [2.75, 3.05) is 20.3 Å². The van der Waals surface area contributed by atoms with Crippen molar-refractivity contribution in [2.45, 2.75) is 33.4 Å². The van der Waals surface area contributed by atoms with Crippen LogP contribution in [0.2, 0.25) is 0 Å². The third kappa shape index (κ3) is 5.87. The summed E-state index contributed by atoms with van der Waals surface area (Å²) in [6.07, 6.45) is 1.80. The molecule has 0 unspecified atom stereocenters. The smallest absolute Gasteiger partial charge is 0.338 e. The van der Waals surface area contributed by atoms with Crippen LogP contribution in [0.25, 0.3) is 6.08 Å². The van der Waals surface area contributed by atoms with Gasteiger partial charge in [-0.05, 0) is 56.2 Å². The lowest BCUT2D eigenvalue weighted by Crippen LogP contribution is -2.40. The van der Waals surface area contributed by atoms with Gasteiger partial charge in [0.1, 0.15) is 18.4 Å². The van der Waals surface area contributed by atoms with Crippen LogP contribution in [0.15, 0.2) is 93.9 Å². The summed E-state index contributed by atoms with van der Waals surface area (Å²) >= 11 is 1.26. The van der Waals surface area contributed by atoms with Crippen molar-refractivity contribution in [3.63, 3.8) is 0 Å². The van der Waals surface area contributed by atoms with E-state index in [9.17, 15) is 9.59 Å². The molecule has 1 aromatic heterocycles. The molecule has 0 spiro atoms. The van der Waals surface area contributed by atoms with Gasteiger partial charge in [-0.25, -0.2) is 9.79 Å². The maximum absolute atomic E-state index is 14.0. The quantitative estimate of drug-likeness (QED) is 0.249. The predicted molar refractivity (Wildman–Crippen MR) is 162 cm³/mol. The van der Waals surface area contributed by atoms with Crippen LogP contribution < -0.4 is 29.1 Å². The van der Waals surface area contributed by atoms with E-state index >= 15 is 0 Å². The molecular formula is C33H32N2O6S. The Morgan fingerprint density at radius 1 is 0.952 bits per heavy atom. The highest BCUT2D eigenvalue weighted by molar-refractivity contribution is 7.07. The van der Waals surface area contributed by atoms with Gasteiger partial charge in [0.05, 0.1) is 36.1 Å². The number of esters is 1. The number of para-hydroxylation sites is 1. The maximum atomic E-state index is 14.0. The van der Waals surface area contributed by atoms with Gasteiger partial charge in [0.15, 0.2) is 16.3 Å². The first-order chi connectivity index (χ1) is 20.4. The van der Waals surface area contributed by atoms with Crippen molar-refractivity contribution in [3.05, 3.63) is 120 Å². The molecule has 0 bridgehead atoms. The van der Waals surface area contributed by atoms with Crippen LogP contribution in [0.5, 0.6) is 17.2 Å². The Hall–Kier alpha value is -4.63. The highest BCUT2D eigenvalue weighted by Gasteiger charge is 2.34. The molecule has 1 atom stereocenters. The summed E-state index contributed by atoms with van der Waals surface area (Å²) < 4.78 is 24.9. The zero-order valence-electron chi connectivity index (χ0n) is 24.0. The molecule has 0 saturated heterocycles. The Morgan fingerprint density at radius 3 is 2.45 bits per heavy atom. The minimum atomic E-state index is -0.758. The van der Waals surface area contributed by atoms with Gasteiger partial charge in [0.2, 0.25) is 0 Å². The minimum Gasteiger partial charge on any atom is -0.496 e. The molecule has 0 saturated carbocycles. The van der Waals surface area contributed by atoms with Crippen molar-refractivity contribution in [1.29, 1.82) is 0 Å². The van der Waals surface area contributed by atoms with Crippen LogP contribution in [0.4, 0.5) is 0 Å². The van der Waals surface area contributed by atoms with Crippen LogP contribution in [0.1, 0.15) is 43.5 Å². The molecule has 9 heteroatoms. The number of fused-ring (bicyclic) bond motifs is 1. The lowest BCUT2D eigenvalue weighted by Gasteiger charge is -2.25. The minimum absolute atomic E-state index is 0.200. The zero-order chi connectivity index (χ0) is 29.6. The van der Waals surface area contributed by atoms with Gasteiger partial charge >= 0.3 is 5.97 Å². The Balaban J connectivity index is 1.59. The van der Waals surface area contributed by atoms with E-state index in [0.717, 1.165) is 11.1 Å². The number of rotatable bonds is 10. The number of methoxy groups -OCH3 is 1. The molecule has 0 radical (unpaired) electrons. The Kier molecular flexibility index (Phi) is 8.88. The maximum Gasteiger partial charge on any atom is 0.338 e. The molecule has 8 nitrogen and oxygen atoms in total. The van der Waals surface area contributed by atoms with Crippen molar-refractivity contribution < 1.29 is 23.7 Å². The molecule has 42 heavy (non-hydrogen) atoms. The summed E-state index contributed by atoms with van der Waals surface area (Å²) in [6, 6.07) is 22.1. The molecule has 1 aliphatic heterocycles. The van der Waals surface area contributed by atoms with Crippen LogP contribution in [0, 0.1) is 0 Å². The summed E-state index contributed by atoms with van der Waals surface area (Å²) in [5.41, 5.74) is 3.02. The van der Waals surface area contributed by atoms with Gasteiger partial charge in [-0.3, -0.25) is 9.36 Å². The number of allylic oxidation sites excluding steroid dienone is 1. The highest BCUT2D eigenvalue weighted by atomic mass is 32.1. The van der Waals surface area contributed by atoms with Crippen LogP contribution in [0.3, 0.4) is 0 Å². The van der Waals surface area contributed by atoms with E-state index in [0.29, 0.717) is 56.6 Å². The van der Waals surface area contributed by atoms with Crippen LogP contribution >= 0.6 is 11.3 Å². The number of carbonyl (C=O) groups excluding carboxylic acids is 1. The largest absolute Gasteiger partial charge is 0.496 e. The fourth-order valence-corrected chi connectivity index (χ4v) is 5.91. The van der Waals surface area contributed by atoms with E-state index in [1.54, 1.807) is 37.7 Å². The fraction of sp³-hybridized carbons (Fsp3) is 0.242. The first kappa shape index (κ1) is 28.9. The van der Waals surface area contributed by atoms with Crippen LogP contribution in [-0.4, -0.2) is 30.9 Å². The van der Waals surface area contributed by atoms with Gasteiger partial charge in [-0.2, -0.15) is 0 Å². The van der Waals surface area contributed by atoms with E-state index in [4.69, 9.17) is 18.9 Å². The second-order valence-electron chi connectivity index (χ2n) is 9.46. The molecule has 0 fully saturated rings. The molecule has 1 aliphatic rings. The summed E-state index contributed by atoms with van der Waals surface area (Å²) in [5.74, 6) is 1.24. The summed E-state index contributed by atoms with van der Waals surface area (Å²) in [6.45, 7) is 6.48. The molecule has 216 valence electrons. The van der Waals surface area contributed by atoms with Gasteiger partial charge < -0.3 is 18.9 Å². The molecular weight excluding hydrogens is 552 g/mol. The molecule has 0 amide bonds. The molecule has 3 aromatic carbocycles. The number of thiazole rings is 1. The number of nitrogens with zero attached hydrogens (tertiary/aromatic N) is 2. The first-order valence-electron chi connectivity index (χ1n) is 13.7. The highest BCUT2D eigenvalue weighted by Crippen LogP contribution is 2.35. The first-order valence-corrected chi connectivity index (χ1v) is 14.5. The van der Waals surface area contributed by atoms with Gasteiger partial charge in [0.25, 0.3) is 5.56 Å². The van der Waals surface area contributed by atoms with E-state index < -0.39 is 12.0 Å². The number of benzene rings is 3. The van der Waals surface area contributed by atoms with Crippen molar-refractivity contribution >= 4 is 23.4 Å². The van der Waals surface area contributed by atoms with Gasteiger partial charge in [-0.1, -0.05) is 65.9 Å². The SMILES string of the molecule is CCOC(=O)C1=C(C)N=c2s/c(=C/c3ccc(OCc4ccccc4)c(OCC)c3)c(=O)n2[C@H]1c1ccccc1OC. The number of aromatic nitrogens is 1.